The quantitative estimate of drug-likeness (QED) is 0.572. The highest BCUT2D eigenvalue weighted by atomic mass is 16.4. The molecule has 0 heterocycles. The molecule has 0 aromatic heterocycles. The van der Waals surface area contributed by atoms with Crippen molar-refractivity contribution in [1.29, 1.82) is 0 Å². The van der Waals surface area contributed by atoms with E-state index in [0.717, 1.165) is 29.7 Å². The van der Waals surface area contributed by atoms with E-state index in [-0.39, 0.29) is 5.41 Å². The van der Waals surface area contributed by atoms with Crippen LogP contribution in [0.1, 0.15) is 47.5 Å². The molecule has 0 spiro atoms. The molecule has 3 nitrogen and oxygen atoms in total. The van der Waals surface area contributed by atoms with Crippen molar-refractivity contribution in [2.45, 2.75) is 53.1 Å². The Morgan fingerprint density at radius 1 is 1.35 bits per heavy atom. The molecule has 0 bridgehead atoms. The van der Waals surface area contributed by atoms with E-state index in [9.17, 15) is 5.11 Å². The van der Waals surface area contributed by atoms with Gasteiger partial charge in [-0.2, -0.15) is 0 Å². The van der Waals surface area contributed by atoms with Gasteiger partial charge in [-0.05, 0) is 50.2 Å². The minimum Gasteiger partial charge on any atom is -0.411 e. The average molecular weight is 237 g/mol. The van der Waals surface area contributed by atoms with Crippen LogP contribution in [0.4, 0.5) is 0 Å². The summed E-state index contributed by atoms with van der Waals surface area (Å²) in [4.78, 5) is 0. The summed E-state index contributed by atoms with van der Waals surface area (Å²) in [5.41, 5.74) is 2.14. The Kier molecular flexibility index (Phi) is 3.82. The normalized spacial score (nSPS) is 23.8. The first-order valence-corrected chi connectivity index (χ1v) is 6.02. The zero-order valence-corrected chi connectivity index (χ0v) is 11.4. The van der Waals surface area contributed by atoms with Crippen molar-refractivity contribution in [1.82, 2.24) is 0 Å². The van der Waals surface area contributed by atoms with E-state index in [2.05, 4.69) is 19.0 Å². The summed E-state index contributed by atoms with van der Waals surface area (Å²) in [6, 6.07) is 0. The average Bonchev–Trinajstić information content (AvgIpc) is 2.15. The van der Waals surface area contributed by atoms with Crippen LogP contribution in [0.25, 0.3) is 0 Å². The molecule has 2 N–H and O–H groups in total. The summed E-state index contributed by atoms with van der Waals surface area (Å²) in [6.07, 6.45) is 5.50. The lowest BCUT2D eigenvalue weighted by atomic mass is 9.72. The minimum atomic E-state index is -0.822. The maximum atomic E-state index is 9.74. The van der Waals surface area contributed by atoms with Gasteiger partial charge in [0, 0.05) is 0 Å². The van der Waals surface area contributed by atoms with Crippen LogP contribution in [0.5, 0.6) is 0 Å². The maximum Gasteiger partial charge on any atom is 0.0828 e. The first-order valence-electron chi connectivity index (χ1n) is 6.02. The fourth-order valence-corrected chi connectivity index (χ4v) is 2.18. The molecule has 1 rings (SSSR count). The lowest BCUT2D eigenvalue weighted by Crippen LogP contribution is -2.25. The maximum absolute atomic E-state index is 9.74. The van der Waals surface area contributed by atoms with Crippen molar-refractivity contribution >= 4 is 5.71 Å². The number of aliphatic hydroxyl groups is 1. The molecule has 0 saturated carbocycles. The second-order valence-corrected chi connectivity index (χ2v) is 5.96. The van der Waals surface area contributed by atoms with E-state index in [1.807, 2.05) is 13.0 Å². The summed E-state index contributed by atoms with van der Waals surface area (Å²) in [5, 5.41) is 22.0. The second-order valence-electron chi connectivity index (χ2n) is 5.96. The molecule has 0 saturated heterocycles. The Balaban J connectivity index is 3.18. The molecule has 0 fully saturated rings. The van der Waals surface area contributed by atoms with E-state index in [1.54, 1.807) is 19.9 Å². The highest BCUT2D eigenvalue weighted by Crippen LogP contribution is 2.40. The van der Waals surface area contributed by atoms with E-state index in [4.69, 9.17) is 5.21 Å². The Labute approximate surface area is 104 Å². The van der Waals surface area contributed by atoms with Gasteiger partial charge in [-0.15, -0.1) is 0 Å². The summed E-state index contributed by atoms with van der Waals surface area (Å²) in [7, 11) is 0. The van der Waals surface area contributed by atoms with Crippen molar-refractivity contribution in [3.8, 4) is 0 Å². The third kappa shape index (κ3) is 3.43. The van der Waals surface area contributed by atoms with Crippen molar-refractivity contribution in [3.05, 3.63) is 23.3 Å². The van der Waals surface area contributed by atoms with Gasteiger partial charge in [-0.3, -0.25) is 0 Å². The van der Waals surface area contributed by atoms with Crippen LogP contribution in [-0.2, 0) is 0 Å². The monoisotopic (exact) mass is 237 g/mol. The fourth-order valence-electron chi connectivity index (χ4n) is 2.18. The molecule has 0 aliphatic heterocycles. The van der Waals surface area contributed by atoms with Crippen LogP contribution in [0.2, 0.25) is 0 Å². The summed E-state index contributed by atoms with van der Waals surface area (Å²) < 4.78 is 0. The van der Waals surface area contributed by atoms with E-state index in [0.29, 0.717) is 0 Å². The first-order chi connectivity index (χ1) is 7.67. The number of rotatable bonds is 2. The van der Waals surface area contributed by atoms with Gasteiger partial charge in [0.15, 0.2) is 0 Å². The number of hydrogen-bond donors (Lipinski definition) is 2. The van der Waals surface area contributed by atoms with Crippen LogP contribution < -0.4 is 0 Å². The van der Waals surface area contributed by atoms with Crippen LogP contribution in [0.3, 0.4) is 0 Å². The standard InChI is InChI=1S/C14H23NO2/c1-10-11(6-9-14(4,5)16)13(2,3)8-7-12(10)15-17/h6,9,16-17H,7-8H2,1-5H3. The minimum absolute atomic E-state index is 0.0556. The molecule has 3 heteroatoms. The number of oxime groups is 1. The van der Waals surface area contributed by atoms with Gasteiger partial charge >= 0.3 is 0 Å². The van der Waals surface area contributed by atoms with Crippen molar-refractivity contribution in [2.75, 3.05) is 0 Å². The topological polar surface area (TPSA) is 52.8 Å². The SMILES string of the molecule is CC1=C(C=CC(C)(C)O)C(C)(C)CCC1=NO. The Morgan fingerprint density at radius 2 is 1.94 bits per heavy atom. The predicted molar refractivity (Wildman–Crippen MR) is 70.4 cm³/mol. The molecule has 0 unspecified atom stereocenters. The van der Waals surface area contributed by atoms with Gasteiger partial charge in [0.1, 0.15) is 0 Å². The summed E-state index contributed by atoms with van der Waals surface area (Å²) in [6.45, 7) is 9.82. The smallest absolute Gasteiger partial charge is 0.0828 e. The number of allylic oxidation sites excluding steroid dienone is 3. The zero-order chi connectivity index (χ0) is 13.3. The van der Waals surface area contributed by atoms with Gasteiger partial charge in [-0.1, -0.05) is 31.2 Å². The van der Waals surface area contributed by atoms with Crippen LogP contribution in [0.15, 0.2) is 28.5 Å². The zero-order valence-electron chi connectivity index (χ0n) is 11.4. The van der Waals surface area contributed by atoms with Crippen molar-refractivity contribution in [3.63, 3.8) is 0 Å². The molecule has 1 aliphatic rings. The van der Waals surface area contributed by atoms with E-state index >= 15 is 0 Å². The Morgan fingerprint density at radius 3 is 2.41 bits per heavy atom. The number of nitrogens with zero attached hydrogens (tertiary/aromatic N) is 1. The third-order valence-electron chi connectivity index (χ3n) is 3.33. The Bertz CT molecular complexity index is 382. The highest BCUT2D eigenvalue weighted by Gasteiger charge is 2.30. The fraction of sp³-hybridized carbons (Fsp3) is 0.643. The lowest BCUT2D eigenvalue weighted by Gasteiger charge is -2.33. The first kappa shape index (κ1) is 14.0. The lowest BCUT2D eigenvalue weighted by molar-refractivity contribution is 0.133. The van der Waals surface area contributed by atoms with E-state index < -0.39 is 5.60 Å². The predicted octanol–water partition coefficient (Wildman–Crippen LogP) is 3.28. The van der Waals surface area contributed by atoms with Crippen molar-refractivity contribution < 1.29 is 10.3 Å². The van der Waals surface area contributed by atoms with Crippen LogP contribution in [0, 0.1) is 5.41 Å². The van der Waals surface area contributed by atoms with Gasteiger partial charge in [-0.25, -0.2) is 0 Å². The molecule has 0 atom stereocenters. The van der Waals surface area contributed by atoms with E-state index in [1.165, 1.54) is 0 Å². The van der Waals surface area contributed by atoms with Crippen LogP contribution in [-0.4, -0.2) is 21.6 Å². The van der Waals surface area contributed by atoms with Gasteiger partial charge in [0.05, 0.1) is 11.3 Å². The molecule has 17 heavy (non-hydrogen) atoms. The third-order valence-corrected chi connectivity index (χ3v) is 3.33. The molecular weight excluding hydrogens is 214 g/mol. The molecule has 0 amide bonds. The molecule has 0 radical (unpaired) electrons. The van der Waals surface area contributed by atoms with Gasteiger partial charge in [0.2, 0.25) is 0 Å². The summed E-state index contributed by atoms with van der Waals surface area (Å²) in [5.74, 6) is 0. The molecular formula is C14H23NO2. The largest absolute Gasteiger partial charge is 0.411 e. The van der Waals surface area contributed by atoms with Gasteiger partial charge in [0.25, 0.3) is 0 Å². The summed E-state index contributed by atoms with van der Waals surface area (Å²) >= 11 is 0. The molecule has 0 aromatic rings. The highest BCUT2D eigenvalue weighted by molar-refractivity contribution is 6.01. The number of hydrogen-bond acceptors (Lipinski definition) is 3. The Hall–Kier alpha value is -1.09. The van der Waals surface area contributed by atoms with Crippen molar-refractivity contribution in [2.24, 2.45) is 10.6 Å². The molecule has 96 valence electrons. The van der Waals surface area contributed by atoms with Gasteiger partial charge < -0.3 is 10.3 Å². The molecule has 0 aromatic carbocycles. The second kappa shape index (κ2) is 4.65. The molecule has 1 aliphatic carbocycles. The van der Waals surface area contributed by atoms with Crippen LogP contribution >= 0.6 is 0 Å².